The molecule has 0 bridgehead atoms. The molecule has 2 unspecified atom stereocenters. The van der Waals surface area contributed by atoms with Gasteiger partial charge >= 0.3 is 5.97 Å². The summed E-state index contributed by atoms with van der Waals surface area (Å²) in [7, 11) is 0. The fraction of sp³-hybridized carbons (Fsp3) is 0.625. The van der Waals surface area contributed by atoms with Crippen molar-refractivity contribution in [3.05, 3.63) is 11.9 Å². The number of carboxylic acid groups (broad SMARTS) is 1. The molecule has 0 saturated heterocycles. The number of aromatic carboxylic acids is 1. The second-order valence-electron chi connectivity index (χ2n) is 3.44. The van der Waals surface area contributed by atoms with Crippen LogP contribution in [0.15, 0.2) is 6.20 Å². The van der Waals surface area contributed by atoms with Crippen LogP contribution in [0.5, 0.6) is 0 Å². The van der Waals surface area contributed by atoms with Gasteiger partial charge in [-0.15, -0.1) is 5.10 Å². The highest BCUT2D eigenvalue weighted by molar-refractivity contribution is 5.84. The van der Waals surface area contributed by atoms with Crippen LogP contribution in [0.1, 0.15) is 23.3 Å². The molecule has 1 saturated carbocycles. The number of hydrogen-bond donors (Lipinski definition) is 1. The lowest BCUT2D eigenvalue weighted by atomic mass is 9.83. The number of carboxylic acids is 1. The summed E-state index contributed by atoms with van der Waals surface area (Å²) in [6.45, 7) is 0.369. The topological polar surface area (TPSA) is 68.0 Å². The zero-order valence-electron chi connectivity index (χ0n) is 7.43. The highest BCUT2D eigenvalue weighted by Gasteiger charge is 2.31. The van der Waals surface area contributed by atoms with E-state index in [0.717, 1.165) is 6.42 Å². The molecule has 5 nitrogen and oxygen atoms in total. The van der Waals surface area contributed by atoms with E-state index in [1.54, 1.807) is 0 Å². The van der Waals surface area contributed by atoms with E-state index in [-0.39, 0.29) is 11.6 Å². The van der Waals surface area contributed by atoms with Crippen molar-refractivity contribution in [1.29, 1.82) is 0 Å². The van der Waals surface area contributed by atoms with Gasteiger partial charge in [-0.1, -0.05) is 0 Å². The third kappa shape index (κ3) is 1.59. The number of alkyl halides is 1. The van der Waals surface area contributed by atoms with E-state index in [4.69, 9.17) is 5.11 Å². The maximum atomic E-state index is 12.8. The Balaban J connectivity index is 1.99. The summed E-state index contributed by atoms with van der Waals surface area (Å²) >= 11 is 0. The predicted octanol–water partition coefficient (Wildman–Crippen LogP) is 0.724. The van der Waals surface area contributed by atoms with Gasteiger partial charge in [0.05, 0.1) is 12.7 Å². The van der Waals surface area contributed by atoms with Crippen LogP contribution in [-0.2, 0) is 6.54 Å². The van der Waals surface area contributed by atoms with Crippen LogP contribution >= 0.6 is 0 Å². The van der Waals surface area contributed by atoms with Crippen LogP contribution in [0.3, 0.4) is 0 Å². The third-order valence-electron chi connectivity index (χ3n) is 2.48. The van der Waals surface area contributed by atoms with Crippen molar-refractivity contribution >= 4 is 5.97 Å². The minimum atomic E-state index is -1.11. The van der Waals surface area contributed by atoms with E-state index >= 15 is 0 Å². The fourth-order valence-corrected chi connectivity index (χ4v) is 1.43. The molecule has 6 heteroatoms. The molecule has 0 amide bonds. The molecule has 14 heavy (non-hydrogen) atoms. The van der Waals surface area contributed by atoms with Gasteiger partial charge in [0.2, 0.25) is 0 Å². The zero-order valence-corrected chi connectivity index (χ0v) is 7.43. The lowest BCUT2D eigenvalue weighted by Crippen LogP contribution is -2.31. The summed E-state index contributed by atoms with van der Waals surface area (Å²) in [4.78, 5) is 11.7. The first-order chi connectivity index (χ1) is 6.66. The first-order valence-electron chi connectivity index (χ1n) is 4.44. The Hall–Kier alpha value is -1.46. The quantitative estimate of drug-likeness (QED) is 0.778. The minimum absolute atomic E-state index is 0.0518. The van der Waals surface area contributed by atoms with Gasteiger partial charge in [-0.2, -0.15) is 9.90 Å². The van der Waals surface area contributed by atoms with Crippen LogP contribution in [0.4, 0.5) is 4.39 Å². The van der Waals surface area contributed by atoms with Crippen molar-refractivity contribution in [3.8, 4) is 0 Å². The smallest absolute Gasteiger partial charge is 0.358 e. The monoisotopic (exact) mass is 199 g/mol. The molecule has 0 radical (unpaired) electrons. The summed E-state index contributed by atoms with van der Waals surface area (Å²) in [6, 6.07) is 0. The summed E-state index contributed by atoms with van der Waals surface area (Å²) in [6.07, 6.45) is 1.81. The summed E-state index contributed by atoms with van der Waals surface area (Å²) in [5, 5.41) is 16.0. The summed E-state index contributed by atoms with van der Waals surface area (Å²) in [5.41, 5.74) is -0.0975. The van der Waals surface area contributed by atoms with Gasteiger partial charge in [-0.3, -0.25) is 0 Å². The number of rotatable bonds is 3. The number of nitrogens with zero attached hydrogens (tertiary/aromatic N) is 3. The molecule has 0 aromatic carbocycles. The molecular formula is C8H10FN3O2. The van der Waals surface area contributed by atoms with Crippen molar-refractivity contribution < 1.29 is 14.3 Å². The number of aromatic nitrogens is 3. The lowest BCUT2D eigenvalue weighted by Gasteiger charge is -2.29. The molecule has 2 rings (SSSR count). The van der Waals surface area contributed by atoms with Gasteiger partial charge in [0.15, 0.2) is 5.69 Å². The number of carbonyl (C=O) groups is 1. The van der Waals surface area contributed by atoms with E-state index in [0.29, 0.717) is 13.0 Å². The maximum Gasteiger partial charge on any atom is 0.358 e. The first kappa shape index (κ1) is 9.11. The van der Waals surface area contributed by atoms with Gasteiger partial charge in [0, 0.05) is 5.92 Å². The SMILES string of the molecule is O=C(O)c1cnn(CC2CCC2F)n1. The highest BCUT2D eigenvalue weighted by atomic mass is 19.1. The molecule has 1 N–H and O–H groups in total. The highest BCUT2D eigenvalue weighted by Crippen LogP contribution is 2.31. The molecule has 1 fully saturated rings. The first-order valence-corrected chi connectivity index (χ1v) is 4.44. The second kappa shape index (κ2) is 3.36. The molecule has 1 aromatic heterocycles. The second-order valence-corrected chi connectivity index (χ2v) is 3.44. The Labute approximate surface area is 79.5 Å². The molecule has 0 aliphatic heterocycles. The fourth-order valence-electron chi connectivity index (χ4n) is 1.43. The van der Waals surface area contributed by atoms with Crippen LogP contribution in [0.2, 0.25) is 0 Å². The van der Waals surface area contributed by atoms with Gasteiger partial charge < -0.3 is 5.11 Å². The average Bonchev–Trinajstić information content (AvgIpc) is 2.60. The van der Waals surface area contributed by atoms with Gasteiger partial charge in [-0.25, -0.2) is 9.18 Å². The Kier molecular flexibility index (Phi) is 2.18. The van der Waals surface area contributed by atoms with Crippen molar-refractivity contribution in [2.45, 2.75) is 25.6 Å². The standard InChI is InChI=1S/C8H10FN3O2/c9-6-2-1-5(6)4-12-10-3-7(11-12)8(13)14/h3,5-6H,1-2,4H2,(H,13,14). The van der Waals surface area contributed by atoms with Crippen LogP contribution in [0.25, 0.3) is 0 Å². The van der Waals surface area contributed by atoms with Gasteiger partial charge in [0.25, 0.3) is 0 Å². The Morgan fingerprint density at radius 3 is 2.93 bits per heavy atom. The van der Waals surface area contributed by atoms with E-state index < -0.39 is 12.1 Å². The predicted molar refractivity (Wildman–Crippen MR) is 44.6 cm³/mol. The number of halogens is 1. The average molecular weight is 199 g/mol. The van der Waals surface area contributed by atoms with Crippen molar-refractivity contribution in [2.75, 3.05) is 0 Å². The van der Waals surface area contributed by atoms with Crippen LogP contribution in [-0.4, -0.2) is 32.2 Å². The summed E-state index contributed by atoms with van der Waals surface area (Å²) in [5.74, 6) is -1.16. The van der Waals surface area contributed by atoms with E-state index in [1.807, 2.05) is 0 Å². The van der Waals surface area contributed by atoms with Gasteiger partial charge in [0.1, 0.15) is 6.17 Å². The minimum Gasteiger partial charge on any atom is -0.476 e. The molecule has 1 aliphatic carbocycles. The Bertz CT molecular complexity index is 352. The molecular weight excluding hydrogens is 189 g/mol. The Morgan fingerprint density at radius 1 is 1.71 bits per heavy atom. The molecule has 2 atom stereocenters. The normalized spacial score (nSPS) is 25.8. The van der Waals surface area contributed by atoms with E-state index in [2.05, 4.69) is 10.2 Å². The molecule has 0 spiro atoms. The third-order valence-corrected chi connectivity index (χ3v) is 2.48. The van der Waals surface area contributed by atoms with Crippen LogP contribution in [0, 0.1) is 5.92 Å². The largest absolute Gasteiger partial charge is 0.476 e. The zero-order chi connectivity index (χ0) is 10.1. The molecule has 76 valence electrons. The van der Waals surface area contributed by atoms with Crippen molar-refractivity contribution in [1.82, 2.24) is 15.0 Å². The molecule has 1 aliphatic rings. The van der Waals surface area contributed by atoms with E-state index in [9.17, 15) is 9.18 Å². The lowest BCUT2D eigenvalue weighted by molar-refractivity contribution is 0.0686. The number of hydrogen-bond acceptors (Lipinski definition) is 3. The van der Waals surface area contributed by atoms with E-state index in [1.165, 1.54) is 11.0 Å². The maximum absolute atomic E-state index is 12.8. The van der Waals surface area contributed by atoms with Crippen LogP contribution < -0.4 is 0 Å². The molecule has 1 aromatic rings. The molecule has 1 heterocycles. The summed E-state index contributed by atoms with van der Waals surface area (Å²) < 4.78 is 12.8. The van der Waals surface area contributed by atoms with Gasteiger partial charge in [-0.05, 0) is 12.8 Å². The van der Waals surface area contributed by atoms with Crippen molar-refractivity contribution in [3.63, 3.8) is 0 Å². The Morgan fingerprint density at radius 2 is 2.50 bits per heavy atom. The van der Waals surface area contributed by atoms with Crippen molar-refractivity contribution in [2.24, 2.45) is 5.92 Å².